The largest absolute Gasteiger partial charge is 0.477 e. The van der Waals surface area contributed by atoms with Gasteiger partial charge in [-0.05, 0) is 23.9 Å². The standard InChI is InChI=1S/C16H18ClF3N4OS/c17-13-9-11(16(18,19)20)10-24-14(13)25-7-2-5-22-15(21)23-6-4-12-3-1-8-26-12/h1,3,8-10H,2,4-7H2,(H3,21,22,23). The Morgan fingerprint density at radius 2 is 2.23 bits per heavy atom. The lowest BCUT2D eigenvalue weighted by molar-refractivity contribution is -0.137. The van der Waals surface area contributed by atoms with Crippen LogP contribution in [0, 0.1) is 0 Å². The van der Waals surface area contributed by atoms with Crippen molar-refractivity contribution in [3.05, 3.63) is 45.2 Å². The van der Waals surface area contributed by atoms with Crippen LogP contribution < -0.4 is 15.8 Å². The lowest BCUT2D eigenvalue weighted by Crippen LogP contribution is -2.33. The maximum atomic E-state index is 12.5. The van der Waals surface area contributed by atoms with Crippen LogP contribution in [-0.2, 0) is 12.6 Å². The van der Waals surface area contributed by atoms with Crippen LogP contribution >= 0.6 is 22.9 Å². The zero-order chi connectivity index (χ0) is 19.0. The van der Waals surface area contributed by atoms with E-state index in [0.717, 1.165) is 12.5 Å². The van der Waals surface area contributed by atoms with Crippen LogP contribution in [-0.4, -0.2) is 30.6 Å². The molecule has 2 aromatic rings. The monoisotopic (exact) mass is 406 g/mol. The highest BCUT2D eigenvalue weighted by Crippen LogP contribution is 2.33. The Bertz CT molecular complexity index is 723. The Morgan fingerprint density at radius 3 is 2.88 bits per heavy atom. The summed E-state index contributed by atoms with van der Waals surface area (Å²) in [5.74, 6) is 0.304. The third-order valence-corrected chi connectivity index (χ3v) is 4.42. The number of nitrogens with zero attached hydrogens (tertiary/aromatic N) is 2. The van der Waals surface area contributed by atoms with Crippen molar-refractivity contribution in [1.29, 1.82) is 0 Å². The summed E-state index contributed by atoms with van der Waals surface area (Å²) in [6, 6.07) is 4.84. The second-order valence-electron chi connectivity index (χ2n) is 5.23. The number of ether oxygens (including phenoxy) is 1. The van der Waals surface area contributed by atoms with Crippen molar-refractivity contribution in [2.24, 2.45) is 10.7 Å². The van der Waals surface area contributed by atoms with Gasteiger partial charge in [-0.1, -0.05) is 17.7 Å². The fourth-order valence-corrected chi connectivity index (χ4v) is 2.87. The zero-order valence-corrected chi connectivity index (χ0v) is 15.3. The molecule has 142 valence electrons. The molecule has 0 spiro atoms. The van der Waals surface area contributed by atoms with Crippen molar-refractivity contribution in [2.75, 3.05) is 19.7 Å². The van der Waals surface area contributed by atoms with Crippen molar-refractivity contribution in [1.82, 2.24) is 10.3 Å². The summed E-state index contributed by atoms with van der Waals surface area (Å²) in [7, 11) is 0. The van der Waals surface area contributed by atoms with E-state index >= 15 is 0 Å². The highest BCUT2D eigenvalue weighted by atomic mass is 35.5. The molecule has 0 radical (unpaired) electrons. The van der Waals surface area contributed by atoms with Gasteiger partial charge >= 0.3 is 6.18 Å². The smallest absolute Gasteiger partial charge is 0.417 e. The molecule has 0 aromatic carbocycles. The Hall–Kier alpha value is -2.00. The SMILES string of the molecule is NC(=NCCCOc1ncc(C(F)(F)F)cc1Cl)NCCc1cccs1. The molecule has 0 atom stereocenters. The van der Waals surface area contributed by atoms with E-state index in [1.54, 1.807) is 11.3 Å². The third kappa shape index (κ3) is 6.72. The summed E-state index contributed by atoms with van der Waals surface area (Å²) < 4.78 is 42.9. The van der Waals surface area contributed by atoms with Crippen LogP contribution in [0.2, 0.25) is 5.02 Å². The van der Waals surface area contributed by atoms with Gasteiger partial charge in [-0.25, -0.2) is 4.98 Å². The number of rotatable bonds is 8. The zero-order valence-electron chi connectivity index (χ0n) is 13.7. The Kier molecular flexibility index (Phi) is 7.52. The Balaban J connectivity index is 1.66. The summed E-state index contributed by atoms with van der Waals surface area (Å²) in [6.07, 6.45) is -2.41. The number of hydrogen-bond donors (Lipinski definition) is 2. The predicted octanol–water partition coefficient (Wildman–Crippen LogP) is 3.73. The molecule has 5 nitrogen and oxygen atoms in total. The quantitative estimate of drug-likeness (QED) is 0.398. The van der Waals surface area contributed by atoms with Gasteiger partial charge < -0.3 is 15.8 Å². The average Bonchev–Trinajstić information content (AvgIpc) is 3.08. The fraction of sp³-hybridized carbons (Fsp3) is 0.375. The van der Waals surface area contributed by atoms with Crippen molar-refractivity contribution in [3.63, 3.8) is 0 Å². The summed E-state index contributed by atoms with van der Waals surface area (Å²) in [4.78, 5) is 9.01. The first-order valence-corrected chi connectivity index (χ1v) is 9.03. The second kappa shape index (κ2) is 9.63. The van der Waals surface area contributed by atoms with Crippen molar-refractivity contribution < 1.29 is 17.9 Å². The van der Waals surface area contributed by atoms with E-state index in [4.69, 9.17) is 22.1 Å². The van der Waals surface area contributed by atoms with Gasteiger partial charge in [0.25, 0.3) is 0 Å². The summed E-state index contributed by atoms with van der Waals surface area (Å²) in [5.41, 5.74) is 4.83. The lowest BCUT2D eigenvalue weighted by Gasteiger charge is -2.10. The number of hydrogen-bond acceptors (Lipinski definition) is 4. The maximum absolute atomic E-state index is 12.5. The molecule has 2 heterocycles. The number of nitrogens with two attached hydrogens (primary N) is 1. The first-order valence-electron chi connectivity index (χ1n) is 7.78. The molecule has 0 unspecified atom stereocenters. The molecule has 0 saturated heterocycles. The van der Waals surface area contributed by atoms with Crippen LogP contribution in [0.25, 0.3) is 0 Å². The molecule has 0 amide bonds. The minimum atomic E-state index is -4.49. The van der Waals surface area contributed by atoms with Crippen LogP contribution in [0.3, 0.4) is 0 Å². The number of guanidine groups is 1. The van der Waals surface area contributed by atoms with Gasteiger partial charge in [0.05, 0.1) is 12.2 Å². The van der Waals surface area contributed by atoms with Gasteiger partial charge in [-0.15, -0.1) is 11.3 Å². The van der Waals surface area contributed by atoms with E-state index in [9.17, 15) is 13.2 Å². The van der Waals surface area contributed by atoms with E-state index in [-0.39, 0.29) is 17.5 Å². The third-order valence-electron chi connectivity index (χ3n) is 3.22. The molecule has 2 aromatic heterocycles. The average molecular weight is 407 g/mol. The molecule has 0 saturated carbocycles. The van der Waals surface area contributed by atoms with E-state index in [1.807, 2.05) is 11.4 Å². The van der Waals surface area contributed by atoms with Crippen molar-refractivity contribution in [3.8, 4) is 5.88 Å². The molecule has 0 aliphatic carbocycles. The molecule has 0 bridgehead atoms. The van der Waals surface area contributed by atoms with Crippen LogP contribution in [0.5, 0.6) is 5.88 Å². The van der Waals surface area contributed by atoms with Gasteiger partial charge in [0.2, 0.25) is 5.88 Å². The van der Waals surface area contributed by atoms with Crippen LogP contribution in [0.15, 0.2) is 34.8 Å². The topological polar surface area (TPSA) is 72.5 Å². The van der Waals surface area contributed by atoms with Crippen molar-refractivity contribution in [2.45, 2.75) is 19.0 Å². The number of pyridine rings is 1. The molecule has 3 N–H and O–H groups in total. The second-order valence-corrected chi connectivity index (χ2v) is 6.67. The van der Waals surface area contributed by atoms with Crippen LogP contribution in [0.4, 0.5) is 13.2 Å². The van der Waals surface area contributed by atoms with Crippen LogP contribution in [0.1, 0.15) is 16.9 Å². The molecule has 26 heavy (non-hydrogen) atoms. The molecular weight excluding hydrogens is 389 g/mol. The molecule has 2 rings (SSSR count). The number of nitrogens with one attached hydrogen (secondary N) is 1. The fourth-order valence-electron chi connectivity index (χ4n) is 1.94. The molecular formula is C16H18ClF3N4OS. The number of aliphatic imine (C=N–C) groups is 1. The number of alkyl halides is 3. The van der Waals surface area contributed by atoms with Gasteiger partial charge in [0.15, 0.2) is 5.96 Å². The molecule has 10 heteroatoms. The van der Waals surface area contributed by atoms with E-state index in [0.29, 0.717) is 31.7 Å². The first-order chi connectivity index (χ1) is 12.4. The summed E-state index contributed by atoms with van der Waals surface area (Å²) in [5, 5.41) is 4.85. The van der Waals surface area contributed by atoms with E-state index in [1.165, 1.54) is 4.88 Å². The molecule has 0 aliphatic heterocycles. The first kappa shape index (κ1) is 20.3. The minimum absolute atomic E-state index is 0.0364. The van der Waals surface area contributed by atoms with Gasteiger partial charge in [-0.3, -0.25) is 4.99 Å². The Morgan fingerprint density at radius 1 is 1.42 bits per heavy atom. The summed E-state index contributed by atoms with van der Waals surface area (Å²) >= 11 is 7.44. The molecule has 0 aliphatic rings. The van der Waals surface area contributed by atoms with Gasteiger partial charge in [0.1, 0.15) is 5.02 Å². The van der Waals surface area contributed by atoms with Gasteiger partial charge in [0, 0.05) is 30.6 Å². The number of halogens is 4. The lowest BCUT2D eigenvalue weighted by atomic mass is 10.3. The normalized spacial score (nSPS) is 12.2. The van der Waals surface area contributed by atoms with E-state index < -0.39 is 11.7 Å². The highest BCUT2D eigenvalue weighted by molar-refractivity contribution is 7.09. The Labute approximate surface area is 158 Å². The summed E-state index contributed by atoms with van der Waals surface area (Å²) in [6.45, 7) is 1.32. The predicted molar refractivity (Wildman–Crippen MR) is 96.9 cm³/mol. The minimum Gasteiger partial charge on any atom is -0.477 e. The maximum Gasteiger partial charge on any atom is 0.417 e. The number of thiophene rings is 1. The number of aromatic nitrogens is 1. The van der Waals surface area contributed by atoms with Crippen molar-refractivity contribution >= 4 is 28.9 Å². The van der Waals surface area contributed by atoms with Gasteiger partial charge in [-0.2, -0.15) is 13.2 Å². The molecule has 0 fully saturated rings. The highest BCUT2D eigenvalue weighted by Gasteiger charge is 2.31. The van der Waals surface area contributed by atoms with E-state index in [2.05, 4.69) is 21.4 Å².